The van der Waals surface area contributed by atoms with Crippen LogP contribution in [0.1, 0.15) is 64.5 Å². The third-order valence-electron chi connectivity index (χ3n) is 10.4. The zero-order valence-electron chi connectivity index (χ0n) is 29.4. The number of hydrogen-bond acceptors (Lipinski definition) is 11. The fourth-order valence-electron chi connectivity index (χ4n) is 7.76. The highest BCUT2D eigenvalue weighted by molar-refractivity contribution is 7.85. The summed E-state index contributed by atoms with van der Waals surface area (Å²) in [4.78, 5) is 2.04. The van der Waals surface area contributed by atoms with E-state index in [0.717, 1.165) is 45.1 Å². The van der Waals surface area contributed by atoms with Crippen molar-refractivity contribution in [3.05, 3.63) is 81.6 Å². The molecule has 0 saturated carbocycles. The van der Waals surface area contributed by atoms with Gasteiger partial charge >= 0.3 is 0 Å². The summed E-state index contributed by atoms with van der Waals surface area (Å²) in [6, 6.07) is 7.74. The molecule has 0 spiro atoms. The normalized spacial score (nSPS) is 21.4. The van der Waals surface area contributed by atoms with Crippen molar-refractivity contribution in [3.63, 3.8) is 0 Å². The van der Waals surface area contributed by atoms with Crippen molar-refractivity contribution in [2.24, 2.45) is 0 Å². The molecule has 2 aromatic rings. The molecular weight excluding hydrogens is 732 g/mol. The number of rotatable bonds is 11. The Morgan fingerprint density at radius 2 is 1.38 bits per heavy atom. The lowest BCUT2D eigenvalue weighted by molar-refractivity contribution is -0.437. The summed E-state index contributed by atoms with van der Waals surface area (Å²) in [6.07, 6.45) is 9.76. The number of ether oxygens (including phenoxy) is 4. The molecular formula is C37H40ClN2O10S2-. The fraction of sp³-hybridized carbons (Fsp3) is 0.432. The lowest BCUT2D eigenvalue weighted by Gasteiger charge is -2.27. The van der Waals surface area contributed by atoms with Crippen LogP contribution in [0.3, 0.4) is 0 Å². The molecule has 5 aliphatic rings. The highest BCUT2D eigenvalue weighted by Gasteiger charge is 2.46. The van der Waals surface area contributed by atoms with Gasteiger partial charge < -0.3 is 33.0 Å². The van der Waals surface area contributed by atoms with Gasteiger partial charge in [0, 0.05) is 64.0 Å². The van der Waals surface area contributed by atoms with E-state index in [4.69, 9.17) is 30.5 Å². The maximum absolute atomic E-state index is 11.4. The number of hydrogen-bond donors (Lipinski definition) is 0. The Labute approximate surface area is 309 Å². The van der Waals surface area contributed by atoms with Gasteiger partial charge in [-0.15, -0.1) is 0 Å². The Bertz CT molecular complexity index is 2230. The van der Waals surface area contributed by atoms with E-state index in [0.29, 0.717) is 54.0 Å². The minimum Gasteiger partial charge on any atom is -0.748 e. The predicted octanol–water partition coefficient (Wildman–Crippen LogP) is 5.84. The van der Waals surface area contributed by atoms with Crippen molar-refractivity contribution in [3.8, 4) is 23.0 Å². The fourth-order valence-corrected chi connectivity index (χ4v) is 9.05. The van der Waals surface area contributed by atoms with Crippen molar-refractivity contribution in [2.75, 3.05) is 43.1 Å². The molecule has 0 radical (unpaired) electrons. The number of anilines is 1. The summed E-state index contributed by atoms with van der Waals surface area (Å²) in [5, 5.41) is 0.630. The molecule has 52 heavy (non-hydrogen) atoms. The highest BCUT2D eigenvalue weighted by atomic mass is 35.5. The van der Waals surface area contributed by atoms with Crippen LogP contribution in [0.15, 0.2) is 70.4 Å². The molecule has 4 aliphatic heterocycles. The second-order valence-corrected chi connectivity index (χ2v) is 18.0. The van der Waals surface area contributed by atoms with E-state index in [1.54, 1.807) is 0 Å². The number of benzene rings is 2. The van der Waals surface area contributed by atoms with Crippen LogP contribution in [0, 0.1) is 0 Å². The first-order valence-corrected chi connectivity index (χ1v) is 20.6. The topological polar surface area (TPSA) is 158 Å². The third kappa shape index (κ3) is 6.86. The van der Waals surface area contributed by atoms with Gasteiger partial charge in [0.25, 0.3) is 0 Å². The van der Waals surface area contributed by atoms with Crippen LogP contribution in [0.25, 0.3) is 0 Å². The molecule has 0 bridgehead atoms. The molecule has 0 N–H and O–H groups in total. The number of fused-ring (bicyclic) bond motifs is 4. The first-order chi connectivity index (χ1) is 24.4. The molecule has 0 atom stereocenters. The van der Waals surface area contributed by atoms with Crippen molar-refractivity contribution >= 4 is 48.9 Å². The Kier molecular flexibility index (Phi) is 9.30. The van der Waals surface area contributed by atoms with Gasteiger partial charge in [-0.3, -0.25) is 0 Å². The average molecular weight is 772 g/mol. The predicted molar refractivity (Wildman–Crippen MR) is 194 cm³/mol. The molecule has 15 heteroatoms. The van der Waals surface area contributed by atoms with E-state index in [9.17, 15) is 25.9 Å². The van der Waals surface area contributed by atoms with Gasteiger partial charge in [-0.2, -0.15) is 4.58 Å². The molecule has 0 fully saturated rings. The summed E-state index contributed by atoms with van der Waals surface area (Å²) in [5.74, 6) is 1.58. The largest absolute Gasteiger partial charge is 0.748 e. The van der Waals surface area contributed by atoms with E-state index in [1.165, 1.54) is 0 Å². The second-order valence-electron chi connectivity index (χ2n) is 14.5. The van der Waals surface area contributed by atoms with Crippen LogP contribution >= 0.6 is 11.6 Å². The van der Waals surface area contributed by atoms with Gasteiger partial charge in [-0.05, 0) is 68.0 Å². The third-order valence-corrected chi connectivity index (χ3v) is 12.5. The Morgan fingerprint density at radius 3 is 2.04 bits per heavy atom. The summed E-state index contributed by atoms with van der Waals surface area (Å²) in [7, 11) is -8.75. The summed E-state index contributed by atoms with van der Waals surface area (Å²) in [6.45, 7) is 9.25. The molecule has 0 aromatic heterocycles. The van der Waals surface area contributed by atoms with Gasteiger partial charge in [0.2, 0.25) is 19.3 Å². The van der Waals surface area contributed by atoms with E-state index in [2.05, 4.69) is 27.7 Å². The molecule has 12 nitrogen and oxygen atoms in total. The van der Waals surface area contributed by atoms with Gasteiger partial charge in [-0.25, -0.2) is 16.8 Å². The number of allylic oxidation sites excluding steroid dienone is 8. The Morgan fingerprint density at radius 1 is 0.788 bits per heavy atom. The minimum absolute atomic E-state index is 0.128. The Balaban J connectivity index is 1.20. The van der Waals surface area contributed by atoms with Crippen LogP contribution in [0.5, 0.6) is 23.0 Å². The van der Waals surface area contributed by atoms with Crippen LogP contribution in [0.4, 0.5) is 11.4 Å². The SMILES string of the molecule is CC1(C)C(/C=C/C2=C(Cl)C(=C/C=C3/N(CCCS(=O)(=O)[O-])c4cc5c(cc4C3(C)C)OCO5)/CC2)=[N+](CCCS(=O)(=O)[O-])c2cc3c(cc21)OCO3. The van der Waals surface area contributed by atoms with E-state index >= 15 is 0 Å². The molecule has 2 aromatic carbocycles. The van der Waals surface area contributed by atoms with Crippen LogP contribution in [-0.2, 0) is 31.1 Å². The smallest absolute Gasteiger partial charge is 0.231 e. The maximum atomic E-state index is 11.4. The van der Waals surface area contributed by atoms with E-state index in [-0.39, 0.29) is 26.4 Å². The Hall–Kier alpha value is -3.82. The van der Waals surface area contributed by atoms with Crippen molar-refractivity contribution < 1.29 is 49.5 Å². The van der Waals surface area contributed by atoms with Crippen LogP contribution in [0.2, 0.25) is 0 Å². The maximum Gasteiger partial charge on any atom is 0.231 e. The van der Waals surface area contributed by atoms with Gasteiger partial charge in [0.05, 0.1) is 31.7 Å². The zero-order valence-corrected chi connectivity index (χ0v) is 31.8. The molecule has 7 rings (SSSR count). The zero-order chi connectivity index (χ0) is 37.2. The first kappa shape index (κ1) is 36.5. The summed E-state index contributed by atoms with van der Waals surface area (Å²) in [5.41, 5.74) is 6.52. The highest BCUT2D eigenvalue weighted by Crippen LogP contribution is 2.53. The van der Waals surface area contributed by atoms with E-state index in [1.807, 2.05) is 58.0 Å². The lowest BCUT2D eigenvalue weighted by Crippen LogP contribution is -2.28. The van der Waals surface area contributed by atoms with Crippen molar-refractivity contribution in [2.45, 2.75) is 64.2 Å². The van der Waals surface area contributed by atoms with Crippen LogP contribution in [-0.4, -0.2) is 74.4 Å². The second kappa shape index (κ2) is 13.2. The quantitative estimate of drug-likeness (QED) is 0.200. The number of halogens is 1. The molecule has 4 heterocycles. The van der Waals surface area contributed by atoms with Gasteiger partial charge in [-0.1, -0.05) is 37.6 Å². The van der Waals surface area contributed by atoms with Gasteiger partial charge in [0.15, 0.2) is 28.7 Å². The lowest BCUT2D eigenvalue weighted by atomic mass is 9.81. The number of nitrogens with zero attached hydrogens (tertiary/aromatic N) is 2. The molecule has 0 unspecified atom stereocenters. The van der Waals surface area contributed by atoms with Crippen molar-refractivity contribution in [1.82, 2.24) is 0 Å². The molecule has 0 saturated heterocycles. The van der Waals surface area contributed by atoms with E-state index < -0.39 is 42.6 Å². The average Bonchev–Trinajstić information content (AvgIpc) is 3.85. The molecule has 278 valence electrons. The van der Waals surface area contributed by atoms with Crippen molar-refractivity contribution in [1.29, 1.82) is 0 Å². The molecule has 0 amide bonds. The monoisotopic (exact) mass is 771 g/mol. The minimum atomic E-state index is -4.37. The first-order valence-electron chi connectivity index (χ1n) is 17.1. The van der Waals surface area contributed by atoms with Gasteiger partial charge in [0.1, 0.15) is 6.54 Å². The molecule has 1 aliphatic carbocycles. The summed E-state index contributed by atoms with van der Waals surface area (Å²) < 4.78 is 93.3. The summed E-state index contributed by atoms with van der Waals surface area (Å²) >= 11 is 7.04. The van der Waals surface area contributed by atoms with Crippen LogP contribution < -0.4 is 23.8 Å². The standard InChI is InChI=1S/C37H41ClN2O10S2/c1-36(2)25-17-29-31(49-21-47-29)19-27(25)39(13-5-15-51(41,42)43)33(36)11-9-23-7-8-24(35(23)38)10-12-34-37(3,4)26-18-30-32(50-22-48-30)20-28(26)40(34)14-6-16-52(44,45)46/h9-12,17-20H,5-8,13-16,21-22H2,1-4H3,(H-,41,42,43,44,45,46)/p-1.